The highest BCUT2D eigenvalue weighted by Crippen LogP contribution is 2.41. The highest BCUT2D eigenvalue weighted by Gasteiger charge is 2.48. The molecule has 2 atom stereocenters. The molecule has 2 aromatic rings. The van der Waals surface area contributed by atoms with Crippen LogP contribution >= 0.6 is 0 Å². The predicted molar refractivity (Wildman–Crippen MR) is 87.8 cm³/mol. The van der Waals surface area contributed by atoms with Crippen LogP contribution in [0, 0.1) is 23.5 Å². The molecule has 0 spiro atoms. The molecule has 0 saturated heterocycles. The molecule has 2 unspecified atom stereocenters. The van der Waals surface area contributed by atoms with E-state index < -0.39 is 35.1 Å². The lowest BCUT2D eigenvalue weighted by molar-refractivity contribution is -0.122. The highest BCUT2D eigenvalue weighted by atomic mass is 19.1. The average Bonchev–Trinajstić information content (AvgIpc) is 3.29. The summed E-state index contributed by atoms with van der Waals surface area (Å²) in [6.45, 7) is 0.129. The predicted octanol–water partition coefficient (Wildman–Crippen LogP) is 2.91. The number of nitrogens with one attached hydrogen (secondary N) is 2. The van der Waals surface area contributed by atoms with Gasteiger partial charge in [-0.2, -0.15) is 0 Å². The molecule has 1 aliphatic carbocycles. The number of rotatable bonds is 4. The zero-order valence-corrected chi connectivity index (χ0v) is 13.4. The summed E-state index contributed by atoms with van der Waals surface area (Å²) in [5.41, 5.74) is 0.0183. The Hall–Kier alpha value is -3.16. The van der Waals surface area contributed by atoms with Crippen LogP contribution in [-0.2, 0) is 9.59 Å². The van der Waals surface area contributed by atoms with Gasteiger partial charge >= 0.3 is 0 Å². The number of carbonyl (C=O) groups is 2. The van der Waals surface area contributed by atoms with Crippen LogP contribution in [0.25, 0.3) is 0 Å². The Kier molecular flexibility index (Phi) is 3.95. The van der Waals surface area contributed by atoms with E-state index >= 15 is 0 Å². The van der Waals surface area contributed by atoms with E-state index in [9.17, 15) is 18.4 Å². The number of carbonyl (C=O) groups excluding carboxylic acids is 2. The first-order valence-corrected chi connectivity index (χ1v) is 7.98. The number of hydrogen-bond acceptors (Lipinski definition) is 4. The molecule has 8 heteroatoms. The lowest BCUT2D eigenvalue weighted by atomic mass is 10.2. The van der Waals surface area contributed by atoms with Crippen LogP contribution in [0.5, 0.6) is 11.5 Å². The summed E-state index contributed by atoms with van der Waals surface area (Å²) in [7, 11) is 0. The summed E-state index contributed by atoms with van der Waals surface area (Å²) >= 11 is 0. The standard InChI is InChI=1S/C18H14F2N2O4/c19-12-2-1-3-13(20)16(12)22-18(24)11-7-10(11)17(23)21-9-4-5-14-15(6-9)26-8-25-14/h1-6,10-11H,7-8H2,(H,21,23)(H,22,24). The molecular weight excluding hydrogens is 346 g/mol. The second-order valence-electron chi connectivity index (χ2n) is 6.09. The summed E-state index contributed by atoms with van der Waals surface area (Å²) in [5, 5.41) is 4.92. The second kappa shape index (κ2) is 6.29. The zero-order valence-electron chi connectivity index (χ0n) is 13.4. The summed E-state index contributed by atoms with van der Waals surface area (Å²) < 4.78 is 37.6. The normalized spacial score (nSPS) is 19.8. The fourth-order valence-corrected chi connectivity index (χ4v) is 2.82. The minimum Gasteiger partial charge on any atom is -0.454 e. The lowest BCUT2D eigenvalue weighted by Crippen LogP contribution is -2.21. The second-order valence-corrected chi connectivity index (χ2v) is 6.09. The van der Waals surface area contributed by atoms with E-state index in [0.29, 0.717) is 23.6 Å². The van der Waals surface area contributed by atoms with Gasteiger partial charge in [-0.15, -0.1) is 0 Å². The van der Waals surface area contributed by atoms with Gasteiger partial charge in [0.25, 0.3) is 0 Å². The summed E-state index contributed by atoms with van der Waals surface area (Å²) in [4.78, 5) is 24.4. The topological polar surface area (TPSA) is 76.7 Å². The van der Waals surface area contributed by atoms with E-state index in [0.717, 1.165) is 12.1 Å². The van der Waals surface area contributed by atoms with Crippen molar-refractivity contribution in [2.24, 2.45) is 11.8 Å². The van der Waals surface area contributed by atoms with E-state index in [4.69, 9.17) is 9.47 Å². The van der Waals surface area contributed by atoms with Gasteiger partial charge in [0.1, 0.15) is 17.3 Å². The lowest BCUT2D eigenvalue weighted by Gasteiger charge is -2.08. The Bertz CT molecular complexity index is 883. The van der Waals surface area contributed by atoms with Crippen LogP contribution in [0.4, 0.5) is 20.2 Å². The monoisotopic (exact) mass is 360 g/mol. The summed E-state index contributed by atoms with van der Waals surface area (Å²) in [5.74, 6) is -2.68. The minimum atomic E-state index is -0.861. The van der Waals surface area contributed by atoms with Crippen LogP contribution in [0.15, 0.2) is 36.4 Å². The van der Waals surface area contributed by atoms with Crippen molar-refractivity contribution in [1.29, 1.82) is 0 Å². The van der Waals surface area contributed by atoms with Crippen molar-refractivity contribution in [1.82, 2.24) is 0 Å². The maximum atomic E-state index is 13.6. The third-order valence-electron chi connectivity index (χ3n) is 4.32. The zero-order chi connectivity index (χ0) is 18.3. The fraction of sp³-hybridized carbons (Fsp3) is 0.222. The molecule has 0 radical (unpaired) electrons. The Morgan fingerprint density at radius 1 is 0.923 bits per heavy atom. The van der Waals surface area contributed by atoms with Gasteiger partial charge < -0.3 is 20.1 Å². The molecule has 26 heavy (non-hydrogen) atoms. The number of anilines is 2. The van der Waals surface area contributed by atoms with Gasteiger partial charge in [0, 0.05) is 11.8 Å². The quantitative estimate of drug-likeness (QED) is 0.879. The van der Waals surface area contributed by atoms with Gasteiger partial charge in [0.2, 0.25) is 18.6 Å². The Morgan fingerprint density at radius 3 is 2.31 bits per heavy atom. The smallest absolute Gasteiger partial charge is 0.231 e. The number of hydrogen-bond donors (Lipinski definition) is 2. The van der Waals surface area contributed by atoms with Crippen molar-refractivity contribution >= 4 is 23.2 Å². The molecule has 4 rings (SSSR count). The van der Waals surface area contributed by atoms with Gasteiger partial charge in [0.05, 0.1) is 11.8 Å². The van der Waals surface area contributed by atoms with Crippen molar-refractivity contribution < 1.29 is 27.8 Å². The Balaban J connectivity index is 1.37. The van der Waals surface area contributed by atoms with E-state index in [1.54, 1.807) is 18.2 Å². The fourth-order valence-electron chi connectivity index (χ4n) is 2.82. The third kappa shape index (κ3) is 3.05. The first-order chi connectivity index (χ1) is 12.5. The Morgan fingerprint density at radius 2 is 1.58 bits per heavy atom. The average molecular weight is 360 g/mol. The third-order valence-corrected chi connectivity index (χ3v) is 4.32. The molecule has 1 aliphatic heterocycles. The van der Waals surface area contributed by atoms with Crippen LogP contribution in [0.1, 0.15) is 6.42 Å². The number of benzene rings is 2. The van der Waals surface area contributed by atoms with Crippen LogP contribution in [-0.4, -0.2) is 18.6 Å². The molecule has 2 amide bonds. The van der Waals surface area contributed by atoms with Crippen molar-refractivity contribution in [2.75, 3.05) is 17.4 Å². The number of halogens is 2. The number of para-hydroxylation sites is 1. The molecule has 6 nitrogen and oxygen atoms in total. The van der Waals surface area contributed by atoms with Gasteiger partial charge in [-0.1, -0.05) is 6.07 Å². The SMILES string of the molecule is O=C(Nc1ccc2c(c1)OCO2)C1CC1C(=O)Nc1c(F)cccc1F. The molecule has 1 fully saturated rings. The number of fused-ring (bicyclic) bond motifs is 1. The van der Waals surface area contributed by atoms with E-state index in [1.165, 1.54) is 6.07 Å². The van der Waals surface area contributed by atoms with Gasteiger partial charge in [-0.25, -0.2) is 8.78 Å². The van der Waals surface area contributed by atoms with E-state index in [-0.39, 0.29) is 12.7 Å². The molecule has 134 valence electrons. The number of amides is 2. The van der Waals surface area contributed by atoms with Crippen molar-refractivity contribution in [3.63, 3.8) is 0 Å². The molecule has 1 saturated carbocycles. The van der Waals surface area contributed by atoms with Crippen molar-refractivity contribution in [3.8, 4) is 11.5 Å². The maximum absolute atomic E-state index is 13.6. The minimum absolute atomic E-state index is 0.129. The Labute approximate surface area is 147 Å². The molecule has 2 aromatic carbocycles. The maximum Gasteiger partial charge on any atom is 0.231 e. The molecule has 2 N–H and O–H groups in total. The summed E-state index contributed by atoms with van der Waals surface area (Å²) in [6, 6.07) is 8.28. The van der Waals surface area contributed by atoms with E-state index in [1.807, 2.05) is 0 Å². The summed E-state index contributed by atoms with van der Waals surface area (Å²) in [6.07, 6.45) is 0.318. The van der Waals surface area contributed by atoms with Crippen LogP contribution in [0.3, 0.4) is 0 Å². The van der Waals surface area contributed by atoms with Crippen LogP contribution < -0.4 is 20.1 Å². The molecule has 0 bridgehead atoms. The molecule has 2 aliphatic rings. The van der Waals surface area contributed by atoms with Crippen molar-refractivity contribution in [3.05, 3.63) is 48.0 Å². The first kappa shape index (κ1) is 16.3. The van der Waals surface area contributed by atoms with Gasteiger partial charge in [0.15, 0.2) is 11.5 Å². The molecule has 1 heterocycles. The van der Waals surface area contributed by atoms with Gasteiger partial charge in [-0.3, -0.25) is 9.59 Å². The largest absolute Gasteiger partial charge is 0.454 e. The molecule has 0 aromatic heterocycles. The van der Waals surface area contributed by atoms with Gasteiger partial charge in [-0.05, 0) is 30.7 Å². The van der Waals surface area contributed by atoms with Crippen LogP contribution in [0.2, 0.25) is 0 Å². The first-order valence-electron chi connectivity index (χ1n) is 7.98. The highest BCUT2D eigenvalue weighted by molar-refractivity contribution is 6.03. The molecular formula is C18H14F2N2O4. The van der Waals surface area contributed by atoms with Crippen molar-refractivity contribution in [2.45, 2.75) is 6.42 Å². The number of ether oxygens (including phenoxy) is 2. The van der Waals surface area contributed by atoms with E-state index in [2.05, 4.69) is 10.6 Å².